The molecule has 3 rings (SSSR count). The molecule has 4 heteroatoms. The van der Waals surface area contributed by atoms with E-state index < -0.39 is 0 Å². The van der Waals surface area contributed by atoms with Gasteiger partial charge in [0.05, 0.1) is 5.02 Å². The largest absolute Gasteiger partial charge is 0.480 e. The van der Waals surface area contributed by atoms with Gasteiger partial charge in [-0.15, -0.1) is 0 Å². The zero-order valence-corrected chi connectivity index (χ0v) is 10.9. The lowest BCUT2D eigenvalue weighted by Crippen LogP contribution is -2.37. The Labute approximate surface area is 108 Å². The average Bonchev–Trinajstić information content (AvgIpc) is 2.68. The number of ether oxygens (including phenoxy) is 1. The predicted molar refractivity (Wildman–Crippen MR) is 69.0 cm³/mol. The molecule has 1 unspecified atom stereocenters. The summed E-state index contributed by atoms with van der Waals surface area (Å²) in [6.07, 6.45) is 5.23. The molecule has 1 aromatic carbocycles. The zero-order chi connectivity index (χ0) is 11.2. The molecule has 2 nitrogen and oxygen atoms in total. The Kier molecular flexibility index (Phi) is 2.50. The SMILES string of the molecule is Clc1cc(Br)cc2c1OC1(C=C2)CCNC1. The summed E-state index contributed by atoms with van der Waals surface area (Å²) in [5.74, 6) is 0.802. The highest BCUT2D eigenvalue weighted by Crippen LogP contribution is 2.40. The maximum absolute atomic E-state index is 6.20. The van der Waals surface area contributed by atoms with Crippen LogP contribution in [0.4, 0.5) is 0 Å². The maximum atomic E-state index is 6.20. The molecule has 0 amide bonds. The van der Waals surface area contributed by atoms with E-state index in [9.17, 15) is 0 Å². The molecule has 16 heavy (non-hydrogen) atoms. The first kappa shape index (κ1) is 10.6. The average molecular weight is 301 g/mol. The highest BCUT2D eigenvalue weighted by Gasteiger charge is 2.36. The quantitative estimate of drug-likeness (QED) is 0.794. The summed E-state index contributed by atoms with van der Waals surface area (Å²) in [6.45, 7) is 1.85. The van der Waals surface area contributed by atoms with Crippen LogP contribution in [0.3, 0.4) is 0 Å². The first-order chi connectivity index (χ1) is 7.69. The predicted octanol–water partition coefficient (Wildman–Crippen LogP) is 3.24. The van der Waals surface area contributed by atoms with Gasteiger partial charge in [-0.1, -0.05) is 33.6 Å². The first-order valence-electron chi connectivity index (χ1n) is 5.27. The fraction of sp³-hybridized carbons (Fsp3) is 0.333. The van der Waals surface area contributed by atoms with Crippen molar-refractivity contribution in [3.05, 3.63) is 33.3 Å². The number of benzene rings is 1. The smallest absolute Gasteiger partial charge is 0.146 e. The van der Waals surface area contributed by atoms with Crippen molar-refractivity contribution in [1.82, 2.24) is 5.32 Å². The van der Waals surface area contributed by atoms with Gasteiger partial charge >= 0.3 is 0 Å². The lowest BCUT2D eigenvalue weighted by molar-refractivity contribution is 0.139. The highest BCUT2D eigenvalue weighted by atomic mass is 79.9. The van der Waals surface area contributed by atoms with Crippen molar-refractivity contribution in [3.8, 4) is 5.75 Å². The molecular weight excluding hydrogens is 289 g/mol. The van der Waals surface area contributed by atoms with Gasteiger partial charge in [0.25, 0.3) is 0 Å². The maximum Gasteiger partial charge on any atom is 0.146 e. The van der Waals surface area contributed by atoms with Gasteiger partial charge in [0.2, 0.25) is 0 Å². The number of rotatable bonds is 0. The van der Waals surface area contributed by atoms with E-state index >= 15 is 0 Å². The van der Waals surface area contributed by atoms with E-state index in [0.717, 1.165) is 35.3 Å². The third kappa shape index (κ3) is 1.67. The van der Waals surface area contributed by atoms with Gasteiger partial charge in [0.15, 0.2) is 0 Å². The molecule has 1 atom stereocenters. The molecule has 2 aliphatic heterocycles. The van der Waals surface area contributed by atoms with E-state index in [0.29, 0.717) is 5.02 Å². The molecule has 1 aromatic rings. The summed E-state index contributed by atoms with van der Waals surface area (Å²) in [5.41, 5.74) is 0.849. The second kappa shape index (κ2) is 3.76. The summed E-state index contributed by atoms with van der Waals surface area (Å²) in [6, 6.07) is 3.89. The third-order valence-electron chi connectivity index (χ3n) is 3.06. The zero-order valence-electron chi connectivity index (χ0n) is 8.59. The summed E-state index contributed by atoms with van der Waals surface area (Å²) in [5, 5.41) is 3.98. The van der Waals surface area contributed by atoms with Crippen molar-refractivity contribution in [1.29, 1.82) is 0 Å². The van der Waals surface area contributed by atoms with Crippen LogP contribution in [-0.4, -0.2) is 18.7 Å². The molecule has 1 fully saturated rings. The van der Waals surface area contributed by atoms with E-state index in [-0.39, 0.29) is 5.60 Å². The van der Waals surface area contributed by atoms with Crippen LogP contribution in [-0.2, 0) is 0 Å². The second-order valence-electron chi connectivity index (χ2n) is 4.23. The Balaban J connectivity index is 2.06. The Morgan fingerprint density at radius 2 is 2.31 bits per heavy atom. The Morgan fingerprint density at radius 3 is 3.06 bits per heavy atom. The van der Waals surface area contributed by atoms with E-state index in [1.54, 1.807) is 0 Å². The minimum absolute atomic E-state index is 0.190. The van der Waals surface area contributed by atoms with Gasteiger partial charge in [-0.25, -0.2) is 0 Å². The van der Waals surface area contributed by atoms with Crippen LogP contribution in [0.25, 0.3) is 6.08 Å². The van der Waals surface area contributed by atoms with Crippen LogP contribution in [0.15, 0.2) is 22.7 Å². The molecule has 0 aliphatic carbocycles. The van der Waals surface area contributed by atoms with E-state index in [4.69, 9.17) is 16.3 Å². The molecule has 1 saturated heterocycles. The molecule has 1 N–H and O–H groups in total. The molecule has 1 spiro atoms. The van der Waals surface area contributed by atoms with Crippen LogP contribution in [0.1, 0.15) is 12.0 Å². The number of nitrogens with one attached hydrogen (secondary N) is 1. The number of fused-ring (bicyclic) bond motifs is 1. The van der Waals surface area contributed by atoms with Crippen molar-refractivity contribution in [2.24, 2.45) is 0 Å². The summed E-state index contributed by atoms with van der Waals surface area (Å²) in [4.78, 5) is 0. The Hall–Kier alpha value is -0.510. The van der Waals surface area contributed by atoms with Crippen LogP contribution < -0.4 is 10.1 Å². The monoisotopic (exact) mass is 299 g/mol. The summed E-state index contributed by atoms with van der Waals surface area (Å²) < 4.78 is 7.04. The topological polar surface area (TPSA) is 21.3 Å². The third-order valence-corrected chi connectivity index (χ3v) is 3.80. The van der Waals surface area contributed by atoms with Crippen LogP contribution in [0.5, 0.6) is 5.75 Å². The van der Waals surface area contributed by atoms with Gasteiger partial charge in [-0.05, 0) is 24.8 Å². The lowest BCUT2D eigenvalue weighted by Gasteiger charge is -2.31. The molecule has 0 radical (unpaired) electrons. The molecule has 2 aliphatic rings. The fourth-order valence-corrected chi connectivity index (χ4v) is 3.08. The van der Waals surface area contributed by atoms with Crippen molar-refractivity contribution < 1.29 is 4.74 Å². The highest BCUT2D eigenvalue weighted by molar-refractivity contribution is 9.10. The molecule has 84 valence electrons. The molecular formula is C12H11BrClNO. The van der Waals surface area contributed by atoms with Crippen molar-refractivity contribution in [2.75, 3.05) is 13.1 Å². The summed E-state index contributed by atoms with van der Waals surface area (Å²) in [7, 11) is 0. The minimum atomic E-state index is -0.190. The van der Waals surface area contributed by atoms with Crippen LogP contribution >= 0.6 is 27.5 Å². The normalized spacial score (nSPS) is 26.9. The molecule has 0 bridgehead atoms. The van der Waals surface area contributed by atoms with Crippen molar-refractivity contribution >= 4 is 33.6 Å². The van der Waals surface area contributed by atoms with Crippen LogP contribution in [0.2, 0.25) is 5.02 Å². The van der Waals surface area contributed by atoms with Crippen molar-refractivity contribution in [3.63, 3.8) is 0 Å². The minimum Gasteiger partial charge on any atom is -0.480 e. The van der Waals surface area contributed by atoms with Gasteiger partial charge < -0.3 is 10.1 Å². The van der Waals surface area contributed by atoms with Gasteiger partial charge in [0.1, 0.15) is 11.4 Å². The second-order valence-corrected chi connectivity index (χ2v) is 5.56. The van der Waals surface area contributed by atoms with E-state index in [1.807, 2.05) is 12.1 Å². The molecule has 0 aromatic heterocycles. The van der Waals surface area contributed by atoms with E-state index in [1.165, 1.54) is 0 Å². The fourth-order valence-electron chi connectivity index (χ4n) is 2.21. The molecule has 0 saturated carbocycles. The lowest BCUT2D eigenvalue weighted by atomic mass is 9.97. The number of hydrogen-bond acceptors (Lipinski definition) is 2. The van der Waals surface area contributed by atoms with Gasteiger partial charge in [0, 0.05) is 23.0 Å². The van der Waals surface area contributed by atoms with Crippen LogP contribution in [0, 0.1) is 0 Å². The van der Waals surface area contributed by atoms with Gasteiger partial charge in [-0.2, -0.15) is 0 Å². The summed E-state index contributed by atoms with van der Waals surface area (Å²) >= 11 is 9.63. The first-order valence-corrected chi connectivity index (χ1v) is 6.44. The number of hydrogen-bond donors (Lipinski definition) is 1. The van der Waals surface area contributed by atoms with Gasteiger partial charge in [-0.3, -0.25) is 0 Å². The standard InChI is InChI=1S/C12H11BrClNO/c13-9-5-8-1-2-12(3-4-15-7-12)16-11(8)10(14)6-9/h1-2,5-6,15H,3-4,7H2. The van der Waals surface area contributed by atoms with Crippen molar-refractivity contribution in [2.45, 2.75) is 12.0 Å². The molecule has 2 heterocycles. The Morgan fingerprint density at radius 1 is 1.44 bits per heavy atom. The van der Waals surface area contributed by atoms with E-state index in [2.05, 4.69) is 33.4 Å². The Bertz CT molecular complexity index is 466. The number of halogens is 2.